The average Bonchev–Trinajstić information content (AvgIpc) is 2.45. The number of rotatable bonds is 4. The van der Waals surface area contributed by atoms with Gasteiger partial charge in [-0.05, 0) is 44.4 Å². The van der Waals surface area contributed by atoms with Gasteiger partial charge in [-0.2, -0.15) is 0 Å². The molecule has 1 aromatic carbocycles. The largest absolute Gasteiger partial charge is 0.334 e. The van der Waals surface area contributed by atoms with E-state index in [1.54, 1.807) is 18.2 Å². The second-order valence-electron chi connectivity index (χ2n) is 6.02. The maximum absolute atomic E-state index is 12.3. The zero-order chi connectivity index (χ0) is 15.4. The number of anilines is 1. The summed E-state index contributed by atoms with van der Waals surface area (Å²) in [6.45, 7) is 4.22. The van der Waals surface area contributed by atoms with Crippen LogP contribution in [-0.2, 0) is 4.79 Å². The molecule has 1 aromatic rings. The summed E-state index contributed by atoms with van der Waals surface area (Å²) in [7, 11) is 0. The van der Waals surface area contributed by atoms with Crippen LogP contribution < -0.4 is 10.6 Å². The number of quaternary nitrogens is 1. The lowest BCUT2D eigenvalue weighted by molar-refractivity contribution is -0.714. The lowest BCUT2D eigenvalue weighted by Gasteiger charge is -2.28. The van der Waals surface area contributed by atoms with Crippen LogP contribution in [0.1, 0.15) is 39.5 Å². The Hall–Kier alpha value is -0.770. The molecule has 3 nitrogen and oxygen atoms in total. The molecule has 1 aliphatic carbocycles. The molecule has 0 heterocycles. The summed E-state index contributed by atoms with van der Waals surface area (Å²) in [5, 5.41) is 6.13. The number of carbonyl (C=O) groups is 1. The topological polar surface area (TPSA) is 45.7 Å². The summed E-state index contributed by atoms with van der Waals surface area (Å²) in [6.07, 6.45) is 5.02. The Balaban J connectivity index is 1.94. The third kappa shape index (κ3) is 4.60. The van der Waals surface area contributed by atoms with Crippen molar-refractivity contribution in [3.05, 3.63) is 28.2 Å². The normalized spacial score (nSPS) is 23.6. The molecule has 1 amide bonds. The molecular weight excluding hydrogens is 307 g/mol. The Bertz CT molecular complexity index is 507. The molecule has 1 aliphatic rings. The van der Waals surface area contributed by atoms with Crippen LogP contribution in [0, 0.1) is 5.92 Å². The summed E-state index contributed by atoms with van der Waals surface area (Å²) in [5.74, 6) is 0.640. The van der Waals surface area contributed by atoms with Crippen molar-refractivity contribution in [2.45, 2.75) is 51.6 Å². The molecule has 0 saturated heterocycles. The van der Waals surface area contributed by atoms with Gasteiger partial charge >= 0.3 is 0 Å². The van der Waals surface area contributed by atoms with E-state index in [2.05, 4.69) is 17.6 Å². The van der Waals surface area contributed by atoms with Crippen molar-refractivity contribution in [3.63, 3.8) is 0 Å². The van der Waals surface area contributed by atoms with Gasteiger partial charge in [-0.3, -0.25) is 4.79 Å². The van der Waals surface area contributed by atoms with Gasteiger partial charge in [-0.1, -0.05) is 36.5 Å². The molecule has 0 unspecified atom stereocenters. The van der Waals surface area contributed by atoms with Gasteiger partial charge in [0.15, 0.2) is 6.04 Å². The van der Waals surface area contributed by atoms with Gasteiger partial charge in [-0.25, -0.2) is 0 Å². The molecule has 0 spiro atoms. The first-order valence-electron chi connectivity index (χ1n) is 7.58. The molecule has 21 heavy (non-hydrogen) atoms. The second kappa shape index (κ2) is 7.48. The van der Waals surface area contributed by atoms with Gasteiger partial charge in [-0.15, -0.1) is 0 Å². The summed E-state index contributed by atoms with van der Waals surface area (Å²) in [6, 6.07) is 5.48. The average molecular weight is 330 g/mol. The summed E-state index contributed by atoms with van der Waals surface area (Å²) < 4.78 is 0. The van der Waals surface area contributed by atoms with E-state index < -0.39 is 0 Å². The molecule has 2 rings (SSSR count). The lowest BCUT2D eigenvalue weighted by atomic mass is 9.85. The highest BCUT2D eigenvalue weighted by atomic mass is 35.5. The molecule has 0 aromatic heterocycles. The minimum Gasteiger partial charge on any atom is -0.334 e. The number of hydrogen-bond donors (Lipinski definition) is 2. The second-order valence-corrected chi connectivity index (χ2v) is 6.86. The molecule has 116 valence electrons. The lowest BCUT2D eigenvalue weighted by Crippen LogP contribution is -2.97. The Morgan fingerprint density at radius 2 is 2.05 bits per heavy atom. The third-order valence-corrected chi connectivity index (χ3v) is 4.88. The minimum atomic E-state index is -0.134. The minimum absolute atomic E-state index is 0.0306. The molecular formula is C16H23Cl2N2O+. The highest BCUT2D eigenvalue weighted by Gasteiger charge is 2.28. The van der Waals surface area contributed by atoms with E-state index in [0.29, 0.717) is 27.7 Å². The fraction of sp³-hybridized carbons (Fsp3) is 0.562. The number of hydrogen-bond acceptors (Lipinski definition) is 1. The fourth-order valence-electron chi connectivity index (χ4n) is 2.93. The molecule has 0 radical (unpaired) electrons. The first kappa shape index (κ1) is 16.6. The monoisotopic (exact) mass is 329 g/mol. The smallest absolute Gasteiger partial charge is 0.282 e. The van der Waals surface area contributed by atoms with Gasteiger partial charge < -0.3 is 10.6 Å². The van der Waals surface area contributed by atoms with Crippen molar-refractivity contribution in [2.24, 2.45) is 5.92 Å². The Morgan fingerprint density at radius 1 is 1.33 bits per heavy atom. The standard InChI is InChI=1S/C16H22Cl2N2O/c1-10-5-3-4-6-14(10)19-11(2)16(21)20-15-9-12(17)7-8-13(15)18/h7-11,14,19H,3-6H2,1-2H3,(H,20,21)/p+1/t10-,11+,14-/m1/s1. The highest BCUT2D eigenvalue weighted by molar-refractivity contribution is 6.35. The first-order valence-corrected chi connectivity index (χ1v) is 8.34. The number of halogens is 2. The van der Waals surface area contributed by atoms with Crippen molar-refractivity contribution in [2.75, 3.05) is 5.32 Å². The van der Waals surface area contributed by atoms with Gasteiger partial charge in [0.25, 0.3) is 5.91 Å². The molecule has 5 heteroatoms. The van der Waals surface area contributed by atoms with Crippen LogP contribution in [0.25, 0.3) is 0 Å². The van der Waals surface area contributed by atoms with E-state index in [9.17, 15) is 4.79 Å². The molecule has 3 N–H and O–H groups in total. The van der Waals surface area contributed by atoms with Crippen molar-refractivity contribution in [1.29, 1.82) is 0 Å². The van der Waals surface area contributed by atoms with Crippen molar-refractivity contribution in [1.82, 2.24) is 0 Å². The molecule has 1 fully saturated rings. The van der Waals surface area contributed by atoms with E-state index >= 15 is 0 Å². The van der Waals surface area contributed by atoms with E-state index in [-0.39, 0.29) is 11.9 Å². The predicted molar refractivity (Wildman–Crippen MR) is 87.9 cm³/mol. The summed E-state index contributed by atoms with van der Waals surface area (Å²) in [4.78, 5) is 12.3. The Labute approximate surface area is 136 Å². The molecule has 3 atom stereocenters. The van der Waals surface area contributed by atoms with Crippen LogP contribution in [0.4, 0.5) is 5.69 Å². The van der Waals surface area contributed by atoms with Gasteiger partial charge in [0, 0.05) is 10.9 Å². The Kier molecular flexibility index (Phi) is 5.91. The van der Waals surface area contributed by atoms with E-state index in [4.69, 9.17) is 23.2 Å². The van der Waals surface area contributed by atoms with E-state index in [0.717, 1.165) is 0 Å². The number of carbonyl (C=O) groups excluding carboxylic acids is 1. The zero-order valence-corrected chi connectivity index (χ0v) is 14.0. The van der Waals surface area contributed by atoms with Gasteiger partial charge in [0.05, 0.1) is 16.8 Å². The first-order chi connectivity index (χ1) is 9.97. The zero-order valence-electron chi connectivity index (χ0n) is 12.5. The van der Waals surface area contributed by atoms with E-state index in [1.807, 2.05) is 6.92 Å². The third-order valence-electron chi connectivity index (χ3n) is 4.31. The number of benzene rings is 1. The molecule has 1 saturated carbocycles. The highest BCUT2D eigenvalue weighted by Crippen LogP contribution is 2.25. The van der Waals surface area contributed by atoms with Crippen LogP contribution >= 0.6 is 23.2 Å². The number of amides is 1. The number of nitrogens with two attached hydrogens (primary N) is 1. The van der Waals surface area contributed by atoms with Crippen molar-refractivity contribution >= 4 is 34.8 Å². The predicted octanol–water partition coefficient (Wildman–Crippen LogP) is 3.46. The van der Waals surface area contributed by atoms with Crippen molar-refractivity contribution < 1.29 is 10.1 Å². The van der Waals surface area contributed by atoms with Crippen molar-refractivity contribution in [3.8, 4) is 0 Å². The quantitative estimate of drug-likeness (QED) is 0.872. The fourth-order valence-corrected chi connectivity index (χ4v) is 3.27. The van der Waals surface area contributed by atoms with Gasteiger partial charge in [0.1, 0.15) is 0 Å². The van der Waals surface area contributed by atoms with Crippen LogP contribution in [0.3, 0.4) is 0 Å². The maximum Gasteiger partial charge on any atom is 0.282 e. The summed E-state index contributed by atoms with van der Waals surface area (Å²) in [5.41, 5.74) is 0.575. The number of nitrogens with one attached hydrogen (secondary N) is 1. The molecule has 0 aliphatic heterocycles. The Morgan fingerprint density at radius 3 is 2.76 bits per heavy atom. The maximum atomic E-state index is 12.3. The summed E-state index contributed by atoms with van der Waals surface area (Å²) >= 11 is 12.0. The van der Waals surface area contributed by atoms with Crippen LogP contribution in [0.15, 0.2) is 18.2 Å². The SMILES string of the molecule is C[C@H]([NH2+][C@@H]1CCCC[C@H]1C)C(=O)Nc1cc(Cl)ccc1Cl. The van der Waals surface area contributed by atoms with Crippen LogP contribution in [0.5, 0.6) is 0 Å². The van der Waals surface area contributed by atoms with Gasteiger partial charge in [0.2, 0.25) is 0 Å². The van der Waals surface area contributed by atoms with Crippen LogP contribution in [-0.4, -0.2) is 18.0 Å². The van der Waals surface area contributed by atoms with Crippen LogP contribution in [0.2, 0.25) is 10.0 Å². The van der Waals surface area contributed by atoms with E-state index in [1.165, 1.54) is 25.7 Å². The molecule has 0 bridgehead atoms.